The predicted molar refractivity (Wildman–Crippen MR) is 137 cm³/mol. The minimum Gasteiger partial charge on any atom is -0.474 e. The average Bonchev–Trinajstić information content (AvgIpc) is 3.14. The largest absolute Gasteiger partial charge is 0.474 e. The summed E-state index contributed by atoms with van der Waals surface area (Å²) in [4.78, 5) is 29.1. The van der Waals surface area contributed by atoms with Crippen LogP contribution in [0, 0.1) is 12.7 Å². The van der Waals surface area contributed by atoms with Gasteiger partial charge >= 0.3 is 0 Å². The van der Waals surface area contributed by atoms with Crippen LogP contribution >= 0.6 is 0 Å². The van der Waals surface area contributed by atoms with Gasteiger partial charge in [-0.25, -0.2) is 18.7 Å². The summed E-state index contributed by atoms with van der Waals surface area (Å²) in [6.07, 6.45) is 5.09. The molecular formula is C26H28FN7O2. The van der Waals surface area contributed by atoms with E-state index in [2.05, 4.69) is 33.8 Å². The summed E-state index contributed by atoms with van der Waals surface area (Å²) in [5.74, 6) is 0.977. The Morgan fingerprint density at radius 1 is 1.22 bits per heavy atom. The van der Waals surface area contributed by atoms with Gasteiger partial charge in [-0.15, -0.1) is 6.58 Å². The molecule has 0 aliphatic carbocycles. The van der Waals surface area contributed by atoms with Crippen molar-refractivity contribution in [2.75, 3.05) is 25.5 Å². The summed E-state index contributed by atoms with van der Waals surface area (Å²) in [6, 6.07) is 10.1. The number of hydrogen-bond acceptors (Lipinski definition) is 7. The van der Waals surface area contributed by atoms with Gasteiger partial charge in [-0.2, -0.15) is 9.97 Å². The predicted octanol–water partition coefficient (Wildman–Crippen LogP) is 3.83. The summed E-state index contributed by atoms with van der Waals surface area (Å²) in [5.41, 5.74) is 1.28. The summed E-state index contributed by atoms with van der Waals surface area (Å²) >= 11 is 0. The van der Waals surface area contributed by atoms with E-state index in [0.29, 0.717) is 34.0 Å². The first kappa shape index (κ1) is 23.7. The van der Waals surface area contributed by atoms with Crippen molar-refractivity contribution in [1.29, 1.82) is 0 Å². The Kier molecular flexibility index (Phi) is 6.51. The molecule has 9 nitrogen and oxygen atoms in total. The van der Waals surface area contributed by atoms with Crippen LogP contribution in [-0.2, 0) is 6.54 Å². The van der Waals surface area contributed by atoms with Crippen molar-refractivity contribution in [3.8, 4) is 11.7 Å². The van der Waals surface area contributed by atoms with E-state index in [1.54, 1.807) is 35.9 Å². The number of piperidine rings is 1. The molecule has 0 radical (unpaired) electrons. The van der Waals surface area contributed by atoms with Crippen LogP contribution < -0.4 is 15.6 Å². The van der Waals surface area contributed by atoms with Gasteiger partial charge in [-0.3, -0.25) is 4.79 Å². The number of hydrogen-bond donors (Lipinski definition) is 1. The molecule has 0 bridgehead atoms. The number of nitrogens with zero attached hydrogens (tertiary/aromatic N) is 6. The van der Waals surface area contributed by atoms with Crippen LogP contribution in [0.25, 0.3) is 16.9 Å². The van der Waals surface area contributed by atoms with E-state index in [1.165, 1.54) is 16.9 Å². The first-order chi connectivity index (χ1) is 17.4. The molecule has 0 saturated carbocycles. The quantitative estimate of drug-likeness (QED) is 0.395. The number of pyridine rings is 1. The topological polar surface area (TPSA) is 90.1 Å². The lowest BCUT2D eigenvalue weighted by atomic mass is 10.1. The van der Waals surface area contributed by atoms with Crippen LogP contribution in [0.2, 0.25) is 0 Å². The van der Waals surface area contributed by atoms with Crippen LogP contribution in [0.1, 0.15) is 18.4 Å². The van der Waals surface area contributed by atoms with Gasteiger partial charge < -0.3 is 15.0 Å². The van der Waals surface area contributed by atoms with Gasteiger partial charge in [0.05, 0.1) is 6.54 Å². The molecule has 3 aromatic heterocycles. The number of halogens is 1. The van der Waals surface area contributed by atoms with E-state index in [4.69, 9.17) is 9.72 Å². The Hall–Kier alpha value is -4.05. The number of aryl methyl sites for hydroxylation is 1. The minimum absolute atomic E-state index is 0.0954. The Morgan fingerprint density at radius 3 is 2.78 bits per heavy atom. The third kappa shape index (κ3) is 4.72. The van der Waals surface area contributed by atoms with E-state index in [-0.39, 0.29) is 30.0 Å². The molecule has 0 amide bonds. The van der Waals surface area contributed by atoms with Crippen LogP contribution in [0.15, 0.2) is 60.0 Å². The van der Waals surface area contributed by atoms with Crippen molar-refractivity contribution in [2.45, 2.75) is 32.4 Å². The third-order valence-electron chi connectivity index (χ3n) is 6.27. The number of nitrogens with one attached hydrogen (secondary N) is 1. The molecule has 1 aliphatic heterocycles. The Balaban J connectivity index is 1.54. The molecule has 5 rings (SSSR count). The lowest BCUT2D eigenvalue weighted by Crippen LogP contribution is -2.35. The fraction of sp³-hybridized carbons (Fsp3) is 0.308. The first-order valence-electron chi connectivity index (χ1n) is 11.9. The van der Waals surface area contributed by atoms with Crippen molar-refractivity contribution < 1.29 is 9.13 Å². The molecule has 1 fully saturated rings. The summed E-state index contributed by atoms with van der Waals surface area (Å²) in [6.45, 7) is 7.69. The SMILES string of the molecule is C=CCn1c(=O)c2cnc(Nc3ccc(F)c(C)c3)nc2n1-c1cccc(OC2CCN(C)CC2)n1. The summed E-state index contributed by atoms with van der Waals surface area (Å²) in [5, 5.41) is 3.44. The zero-order valence-electron chi connectivity index (χ0n) is 20.3. The molecular weight excluding hydrogens is 461 g/mol. The number of likely N-dealkylation sites (tertiary alicyclic amines) is 1. The number of anilines is 2. The molecule has 1 aliphatic rings. The van der Waals surface area contributed by atoms with Crippen LogP contribution in [0.4, 0.5) is 16.0 Å². The number of fused-ring (bicyclic) bond motifs is 1. The molecule has 10 heteroatoms. The maximum atomic E-state index is 13.7. The first-order valence-corrected chi connectivity index (χ1v) is 11.9. The van der Waals surface area contributed by atoms with Gasteiger partial charge in [-0.05, 0) is 56.6 Å². The van der Waals surface area contributed by atoms with E-state index < -0.39 is 0 Å². The molecule has 4 heterocycles. The number of ether oxygens (including phenoxy) is 1. The maximum absolute atomic E-state index is 13.7. The number of rotatable bonds is 7. The van der Waals surface area contributed by atoms with E-state index in [0.717, 1.165) is 25.9 Å². The monoisotopic (exact) mass is 489 g/mol. The normalized spacial score (nSPS) is 14.8. The molecule has 0 spiro atoms. The molecule has 1 saturated heterocycles. The van der Waals surface area contributed by atoms with Crippen LogP contribution in [0.5, 0.6) is 5.88 Å². The molecule has 4 aromatic rings. The lowest BCUT2D eigenvalue weighted by Gasteiger charge is -2.29. The van der Waals surface area contributed by atoms with Gasteiger partial charge in [0.15, 0.2) is 11.5 Å². The smallest absolute Gasteiger partial charge is 0.278 e. The van der Waals surface area contributed by atoms with Gasteiger partial charge in [0.1, 0.15) is 17.3 Å². The highest BCUT2D eigenvalue weighted by Gasteiger charge is 2.21. The molecule has 0 atom stereocenters. The molecule has 36 heavy (non-hydrogen) atoms. The number of aromatic nitrogens is 5. The standard InChI is InChI=1S/C26H28FN7O2/c1-4-12-33-25(35)20-16-28-26(29-18-8-9-21(27)17(2)15-18)31-24(20)34(33)22-6-5-7-23(30-22)36-19-10-13-32(3)14-11-19/h4-9,15-16,19H,1,10-14H2,2-3H3,(H,28,29,31). The van der Waals surface area contributed by atoms with Crippen molar-refractivity contribution >= 4 is 22.7 Å². The second-order valence-electron chi connectivity index (χ2n) is 8.96. The fourth-order valence-electron chi connectivity index (χ4n) is 4.32. The van der Waals surface area contributed by atoms with E-state index in [9.17, 15) is 9.18 Å². The Bertz CT molecular complexity index is 1470. The van der Waals surface area contributed by atoms with Gasteiger partial charge in [0, 0.05) is 31.0 Å². The minimum atomic E-state index is -0.291. The number of allylic oxidation sites excluding steroid dienone is 1. The fourth-order valence-corrected chi connectivity index (χ4v) is 4.32. The highest BCUT2D eigenvalue weighted by atomic mass is 19.1. The van der Waals surface area contributed by atoms with Gasteiger partial charge in [0.2, 0.25) is 11.8 Å². The van der Waals surface area contributed by atoms with Crippen molar-refractivity contribution in [2.24, 2.45) is 0 Å². The zero-order chi connectivity index (χ0) is 25.2. The molecule has 0 unspecified atom stereocenters. The highest BCUT2D eigenvalue weighted by Crippen LogP contribution is 2.22. The molecule has 186 valence electrons. The lowest BCUT2D eigenvalue weighted by molar-refractivity contribution is 0.110. The second-order valence-corrected chi connectivity index (χ2v) is 8.96. The van der Waals surface area contributed by atoms with Gasteiger partial charge in [0.25, 0.3) is 5.56 Å². The Morgan fingerprint density at radius 2 is 2.03 bits per heavy atom. The average molecular weight is 490 g/mol. The van der Waals surface area contributed by atoms with E-state index in [1.807, 2.05) is 12.1 Å². The third-order valence-corrected chi connectivity index (χ3v) is 6.27. The zero-order valence-corrected chi connectivity index (χ0v) is 20.3. The van der Waals surface area contributed by atoms with Gasteiger partial charge in [-0.1, -0.05) is 12.1 Å². The van der Waals surface area contributed by atoms with E-state index >= 15 is 0 Å². The summed E-state index contributed by atoms with van der Waals surface area (Å²) in [7, 11) is 2.10. The summed E-state index contributed by atoms with van der Waals surface area (Å²) < 4.78 is 23.0. The van der Waals surface area contributed by atoms with Crippen LogP contribution in [0.3, 0.4) is 0 Å². The van der Waals surface area contributed by atoms with Crippen molar-refractivity contribution in [1.82, 2.24) is 29.2 Å². The van der Waals surface area contributed by atoms with Crippen molar-refractivity contribution in [3.05, 3.63) is 77.0 Å². The second kappa shape index (κ2) is 9.90. The maximum Gasteiger partial charge on any atom is 0.278 e. The number of benzene rings is 1. The highest BCUT2D eigenvalue weighted by molar-refractivity contribution is 5.77. The Labute approximate surface area is 207 Å². The molecule has 1 aromatic carbocycles. The van der Waals surface area contributed by atoms with Crippen LogP contribution in [-0.4, -0.2) is 55.5 Å². The molecule has 1 N–H and O–H groups in total. The van der Waals surface area contributed by atoms with Crippen molar-refractivity contribution in [3.63, 3.8) is 0 Å².